The summed E-state index contributed by atoms with van der Waals surface area (Å²) in [5.74, 6) is -0.555. The van der Waals surface area contributed by atoms with Gasteiger partial charge in [0.05, 0.1) is 5.69 Å². The Kier molecular flexibility index (Phi) is 5.42. The Morgan fingerprint density at radius 3 is 2.58 bits per heavy atom. The van der Waals surface area contributed by atoms with Crippen LogP contribution in [0.15, 0.2) is 48.5 Å². The number of halogens is 2. The zero-order valence-electron chi connectivity index (χ0n) is 14.2. The molecule has 0 N–H and O–H groups in total. The monoisotopic (exact) mass is 376 g/mol. The number of rotatable bonds is 4. The molecule has 5 nitrogen and oxygen atoms in total. The number of ether oxygens (including phenoxy) is 1. The SMILES string of the molecule is C[C@H]1C(=O)N(c2ccccc2F)CCN1C(=O)COc1ccc(Cl)cc1. The average Bonchev–Trinajstić information content (AvgIpc) is 2.64. The predicted molar refractivity (Wildman–Crippen MR) is 96.9 cm³/mol. The van der Waals surface area contributed by atoms with Gasteiger partial charge in [-0.2, -0.15) is 0 Å². The molecule has 1 atom stereocenters. The maximum atomic E-state index is 14.0. The molecule has 7 heteroatoms. The van der Waals surface area contributed by atoms with Crippen LogP contribution in [-0.2, 0) is 9.59 Å². The first-order valence-electron chi connectivity index (χ1n) is 8.21. The molecule has 0 aliphatic carbocycles. The van der Waals surface area contributed by atoms with E-state index in [0.29, 0.717) is 17.3 Å². The number of anilines is 1. The molecule has 2 aromatic carbocycles. The summed E-state index contributed by atoms with van der Waals surface area (Å²) in [4.78, 5) is 27.9. The van der Waals surface area contributed by atoms with Crippen LogP contribution < -0.4 is 9.64 Å². The summed E-state index contributed by atoms with van der Waals surface area (Å²) < 4.78 is 19.4. The minimum Gasteiger partial charge on any atom is -0.484 e. The van der Waals surface area contributed by atoms with Crippen LogP contribution in [0.1, 0.15) is 6.92 Å². The van der Waals surface area contributed by atoms with Crippen molar-refractivity contribution in [1.82, 2.24) is 4.90 Å². The summed E-state index contributed by atoms with van der Waals surface area (Å²) in [6.45, 7) is 2.00. The maximum absolute atomic E-state index is 14.0. The Bertz CT molecular complexity index is 813. The van der Waals surface area contributed by atoms with Gasteiger partial charge in [0.25, 0.3) is 5.91 Å². The quantitative estimate of drug-likeness (QED) is 0.823. The zero-order valence-corrected chi connectivity index (χ0v) is 14.9. The molecule has 0 saturated carbocycles. The summed E-state index contributed by atoms with van der Waals surface area (Å²) in [5.41, 5.74) is 0.230. The fourth-order valence-corrected chi connectivity index (χ4v) is 3.01. The van der Waals surface area contributed by atoms with E-state index in [9.17, 15) is 14.0 Å². The van der Waals surface area contributed by atoms with Crippen molar-refractivity contribution in [2.45, 2.75) is 13.0 Å². The van der Waals surface area contributed by atoms with Gasteiger partial charge in [-0.1, -0.05) is 23.7 Å². The molecule has 1 fully saturated rings. The molecule has 0 radical (unpaired) electrons. The van der Waals surface area contributed by atoms with E-state index in [4.69, 9.17) is 16.3 Å². The van der Waals surface area contributed by atoms with Crippen LogP contribution in [0, 0.1) is 5.82 Å². The standard InChI is InChI=1S/C19H18ClFN2O3/c1-13-19(25)23(17-5-3-2-4-16(17)21)11-10-22(13)18(24)12-26-15-8-6-14(20)7-9-15/h2-9,13H,10-12H2,1H3/t13-/m0/s1. The van der Waals surface area contributed by atoms with E-state index in [1.54, 1.807) is 49.4 Å². The van der Waals surface area contributed by atoms with Crippen molar-refractivity contribution in [1.29, 1.82) is 0 Å². The fourth-order valence-electron chi connectivity index (χ4n) is 2.88. The van der Waals surface area contributed by atoms with Crippen molar-refractivity contribution < 1.29 is 18.7 Å². The lowest BCUT2D eigenvalue weighted by molar-refractivity contribution is -0.142. The van der Waals surface area contributed by atoms with Gasteiger partial charge in [-0.05, 0) is 43.3 Å². The second-order valence-corrected chi connectivity index (χ2v) is 6.38. The third-order valence-corrected chi connectivity index (χ3v) is 4.55. The third kappa shape index (κ3) is 3.80. The Morgan fingerprint density at radius 1 is 1.19 bits per heavy atom. The Labute approximate surface area is 155 Å². The number of para-hydroxylation sites is 1. The smallest absolute Gasteiger partial charge is 0.261 e. The molecule has 2 aromatic rings. The molecule has 2 amide bonds. The number of carbonyl (C=O) groups excluding carboxylic acids is 2. The van der Waals surface area contributed by atoms with Gasteiger partial charge in [0.2, 0.25) is 5.91 Å². The van der Waals surface area contributed by atoms with Gasteiger partial charge in [-0.15, -0.1) is 0 Å². The lowest BCUT2D eigenvalue weighted by Crippen LogP contribution is -2.58. The molecular weight excluding hydrogens is 359 g/mol. The van der Waals surface area contributed by atoms with Crippen molar-refractivity contribution in [3.63, 3.8) is 0 Å². The van der Waals surface area contributed by atoms with Gasteiger partial charge in [0.1, 0.15) is 17.6 Å². The van der Waals surface area contributed by atoms with Crippen LogP contribution in [0.2, 0.25) is 5.02 Å². The van der Waals surface area contributed by atoms with E-state index in [-0.39, 0.29) is 30.7 Å². The van der Waals surface area contributed by atoms with Crippen LogP contribution in [0.3, 0.4) is 0 Å². The van der Waals surface area contributed by atoms with Crippen LogP contribution in [0.4, 0.5) is 10.1 Å². The highest BCUT2D eigenvalue weighted by molar-refractivity contribution is 6.30. The van der Waals surface area contributed by atoms with Gasteiger partial charge in [0.15, 0.2) is 6.61 Å². The molecule has 1 heterocycles. The molecule has 3 rings (SSSR count). The second kappa shape index (κ2) is 7.74. The van der Waals surface area contributed by atoms with E-state index in [1.807, 2.05) is 0 Å². The Balaban J connectivity index is 1.64. The molecule has 136 valence electrons. The van der Waals surface area contributed by atoms with Crippen molar-refractivity contribution >= 4 is 29.1 Å². The highest BCUT2D eigenvalue weighted by atomic mass is 35.5. The van der Waals surface area contributed by atoms with E-state index in [0.717, 1.165) is 0 Å². The van der Waals surface area contributed by atoms with Gasteiger partial charge in [-0.3, -0.25) is 9.59 Å². The van der Waals surface area contributed by atoms with Gasteiger partial charge >= 0.3 is 0 Å². The lowest BCUT2D eigenvalue weighted by Gasteiger charge is -2.39. The molecule has 1 aliphatic heterocycles. The van der Waals surface area contributed by atoms with E-state index in [2.05, 4.69) is 0 Å². The van der Waals surface area contributed by atoms with Crippen molar-refractivity contribution in [3.8, 4) is 5.75 Å². The first kappa shape index (κ1) is 18.2. The van der Waals surface area contributed by atoms with Crippen LogP contribution in [0.25, 0.3) is 0 Å². The number of carbonyl (C=O) groups is 2. The molecule has 1 aliphatic rings. The maximum Gasteiger partial charge on any atom is 0.261 e. The molecule has 0 aromatic heterocycles. The molecule has 0 bridgehead atoms. The van der Waals surface area contributed by atoms with Crippen molar-refractivity contribution in [3.05, 3.63) is 59.4 Å². The minimum absolute atomic E-state index is 0.182. The number of amides is 2. The van der Waals surface area contributed by atoms with Crippen molar-refractivity contribution in [2.24, 2.45) is 0 Å². The third-order valence-electron chi connectivity index (χ3n) is 4.29. The molecule has 1 saturated heterocycles. The van der Waals surface area contributed by atoms with Gasteiger partial charge in [0, 0.05) is 18.1 Å². The molecule has 0 unspecified atom stereocenters. The predicted octanol–water partition coefficient (Wildman–Crippen LogP) is 3.12. The van der Waals surface area contributed by atoms with E-state index in [1.165, 1.54) is 15.9 Å². The normalized spacial score (nSPS) is 17.3. The number of benzene rings is 2. The number of piperazine rings is 1. The zero-order chi connectivity index (χ0) is 18.7. The van der Waals surface area contributed by atoms with Gasteiger partial charge < -0.3 is 14.5 Å². The van der Waals surface area contributed by atoms with Crippen LogP contribution in [-0.4, -0.2) is 42.5 Å². The fraction of sp³-hybridized carbons (Fsp3) is 0.263. The Hall–Kier alpha value is -2.60. The van der Waals surface area contributed by atoms with Crippen LogP contribution >= 0.6 is 11.6 Å². The van der Waals surface area contributed by atoms with Gasteiger partial charge in [-0.25, -0.2) is 4.39 Å². The average molecular weight is 377 g/mol. The number of nitrogens with zero attached hydrogens (tertiary/aromatic N) is 2. The lowest BCUT2D eigenvalue weighted by atomic mass is 10.1. The minimum atomic E-state index is -0.690. The Morgan fingerprint density at radius 2 is 1.88 bits per heavy atom. The molecule has 26 heavy (non-hydrogen) atoms. The summed E-state index contributed by atoms with van der Waals surface area (Å²) >= 11 is 5.81. The van der Waals surface area contributed by atoms with E-state index < -0.39 is 11.9 Å². The van der Waals surface area contributed by atoms with E-state index >= 15 is 0 Å². The highest BCUT2D eigenvalue weighted by Gasteiger charge is 2.35. The second-order valence-electron chi connectivity index (χ2n) is 5.95. The summed E-state index contributed by atoms with van der Waals surface area (Å²) in [7, 11) is 0. The van der Waals surface area contributed by atoms with Crippen LogP contribution in [0.5, 0.6) is 5.75 Å². The summed E-state index contributed by atoms with van der Waals surface area (Å²) in [5, 5.41) is 0.576. The first-order chi connectivity index (χ1) is 12.5. The summed E-state index contributed by atoms with van der Waals surface area (Å²) in [6.07, 6.45) is 0. The topological polar surface area (TPSA) is 49.9 Å². The number of hydrogen-bond donors (Lipinski definition) is 0. The molecular formula is C19H18ClFN2O3. The van der Waals surface area contributed by atoms with Crippen molar-refractivity contribution in [2.75, 3.05) is 24.6 Å². The number of hydrogen-bond acceptors (Lipinski definition) is 3. The molecule has 0 spiro atoms. The summed E-state index contributed by atoms with van der Waals surface area (Å²) in [6, 6.07) is 12.1. The first-order valence-corrected chi connectivity index (χ1v) is 8.59. The largest absolute Gasteiger partial charge is 0.484 e. The highest BCUT2D eigenvalue weighted by Crippen LogP contribution is 2.23.